The molecule has 0 aromatic rings. The summed E-state index contributed by atoms with van der Waals surface area (Å²) in [6, 6.07) is -0.626. The second kappa shape index (κ2) is 62.9. The minimum Gasteiger partial charge on any atom is -0.466 e. The maximum atomic E-state index is 12.5. The first-order valence-corrected chi connectivity index (χ1v) is 33.1. The maximum absolute atomic E-state index is 12.5. The Bertz CT molecular complexity index is 1140. The van der Waals surface area contributed by atoms with Crippen LogP contribution in [0.4, 0.5) is 0 Å². The number of carbonyl (C=O) groups is 2. The first-order chi connectivity index (χ1) is 36.0. The summed E-state index contributed by atoms with van der Waals surface area (Å²) in [7, 11) is 0. The molecule has 3 N–H and O–H groups in total. The SMILES string of the molecule is CCCCCCC/C=C\CCCCCCCC(=O)OCCCCCCCCCCCCCCCCCCCCCCCCCCCC(=O)NC(CO)C(O)/C=C/CCCCCCCCCCCCCCCCC. The van der Waals surface area contributed by atoms with Crippen molar-refractivity contribution in [3.05, 3.63) is 24.3 Å². The minimum absolute atomic E-state index is 0.00788. The van der Waals surface area contributed by atoms with E-state index in [1.807, 2.05) is 6.08 Å². The average molecular weight is 1030 g/mol. The van der Waals surface area contributed by atoms with Gasteiger partial charge in [0.2, 0.25) is 5.91 Å². The lowest BCUT2D eigenvalue weighted by Gasteiger charge is -2.20. The molecule has 432 valence electrons. The topological polar surface area (TPSA) is 95.9 Å². The highest BCUT2D eigenvalue weighted by atomic mass is 16.5. The van der Waals surface area contributed by atoms with Gasteiger partial charge in [-0.25, -0.2) is 0 Å². The molecule has 0 heterocycles. The molecule has 73 heavy (non-hydrogen) atoms. The minimum atomic E-state index is -0.843. The van der Waals surface area contributed by atoms with Crippen LogP contribution in [0.5, 0.6) is 0 Å². The largest absolute Gasteiger partial charge is 0.466 e. The van der Waals surface area contributed by atoms with Crippen molar-refractivity contribution in [3.8, 4) is 0 Å². The predicted octanol–water partition coefficient (Wildman–Crippen LogP) is 21.0. The van der Waals surface area contributed by atoms with Crippen molar-refractivity contribution in [3.63, 3.8) is 0 Å². The molecule has 0 rings (SSSR count). The quantitative estimate of drug-likeness (QED) is 0.0320. The zero-order chi connectivity index (χ0) is 52.9. The maximum Gasteiger partial charge on any atom is 0.305 e. The number of unbranched alkanes of at least 4 members (excludes halogenated alkanes) is 49. The zero-order valence-electron chi connectivity index (χ0n) is 49.4. The first kappa shape index (κ1) is 71.3. The third-order valence-electron chi connectivity index (χ3n) is 15.5. The highest BCUT2D eigenvalue weighted by Gasteiger charge is 2.18. The van der Waals surface area contributed by atoms with Gasteiger partial charge in [0.1, 0.15) is 0 Å². The molecular weight excluding hydrogens is 899 g/mol. The Balaban J connectivity index is 3.38. The fraction of sp³-hybridized carbons (Fsp3) is 0.910. The Morgan fingerprint density at radius 3 is 0.973 bits per heavy atom. The summed E-state index contributed by atoms with van der Waals surface area (Å²) >= 11 is 0. The van der Waals surface area contributed by atoms with Gasteiger partial charge in [-0.3, -0.25) is 9.59 Å². The van der Waals surface area contributed by atoms with Crippen LogP contribution in [-0.2, 0) is 14.3 Å². The van der Waals surface area contributed by atoms with Crippen LogP contribution in [0.15, 0.2) is 24.3 Å². The van der Waals surface area contributed by atoms with Crippen LogP contribution < -0.4 is 5.32 Å². The average Bonchev–Trinajstić information content (AvgIpc) is 3.39. The van der Waals surface area contributed by atoms with Gasteiger partial charge in [0.15, 0.2) is 0 Å². The van der Waals surface area contributed by atoms with Crippen LogP contribution in [0.3, 0.4) is 0 Å². The van der Waals surface area contributed by atoms with E-state index in [1.165, 1.54) is 295 Å². The number of rotatable bonds is 62. The zero-order valence-corrected chi connectivity index (χ0v) is 49.4. The van der Waals surface area contributed by atoms with E-state index in [9.17, 15) is 19.8 Å². The van der Waals surface area contributed by atoms with Gasteiger partial charge in [0.25, 0.3) is 0 Å². The normalized spacial score (nSPS) is 12.7. The number of nitrogens with one attached hydrogen (secondary N) is 1. The number of amides is 1. The van der Waals surface area contributed by atoms with E-state index in [1.54, 1.807) is 6.08 Å². The van der Waals surface area contributed by atoms with Gasteiger partial charge in [-0.15, -0.1) is 0 Å². The predicted molar refractivity (Wildman–Crippen MR) is 320 cm³/mol. The molecule has 0 saturated heterocycles. The third-order valence-corrected chi connectivity index (χ3v) is 15.5. The van der Waals surface area contributed by atoms with Gasteiger partial charge in [0.05, 0.1) is 25.4 Å². The van der Waals surface area contributed by atoms with Crippen LogP contribution in [0.2, 0.25) is 0 Å². The number of allylic oxidation sites excluding steroid dienone is 3. The summed E-state index contributed by atoms with van der Waals surface area (Å²) in [5.74, 6) is -0.0557. The van der Waals surface area contributed by atoms with Crippen LogP contribution >= 0.6 is 0 Å². The van der Waals surface area contributed by atoms with Gasteiger partial charge in [-0.1, -0.05) is 321 Å². The molecular formula is C67H129NO5. The number of hydrogen-bond donors (Lipinski definition) is 3. The number of carbonyl (C=O) groups excluding carboxylic acids is 2. The molecule has 0 aliphatic rings. The first-order valence-electron chi connectivity index (χ1n) is 33.1. The van der Waals surface area contributed by atoms with Gasteiger partial charge < -0.3 is 20.3 Å². The van der Waals surface area contributed by atoms with Crippen LogP contribution in [-0.4, -0.2) is 47.4 Å². The smallest absolute Gasteiger partial charge is 0.305 e. The second-order valence-corrected chi connectivity index (χ2v) is 22.8. The summed E-state index contributed by atoms with van der Waals surface area (Å²) in [6.07, 6.45) is 78.1. The molecule has 6 nitrogen and oxygen atoms in total. The fourth-order valence-electron chi connectivity index (χ4n) is 10.4. The van der Waals surface area contributed by atoms with Crippen molar-refractivity contribution >= 4 is 11.9 Å². The van der Waals surface area contributed by atoms with Crippen molar-refractivity contribution in [1.82, 2.24) is 5.32 Å². The van der Waals surface area contributed by atoms with E-state index in [-0.39, 0.29) is 18.5 Å². The monoisotopic (exact) mass is 1030 g/mol. The molecule has 2 atom stereocenters. The van der Waals surface area contributed by atoms with Crippen molar-refractivity contribution in [1.29, 1.82) is 0 Å². The Morgan fingerprint density at radius 2 is 0.644 bits per heavy atom. The summed E-state index contributed by atoms with van der Waals surface area (Å²) in [4.78, 5) is 24.5. The van der Waals surface area contributed by atoms with E-state index in [0.717, 1.165) is 44.9 Å². The number of aliphatic hydroxyl groups is 2. The van der Waals surface area contributed by atoms with Gasteiger partial charge in [0, 0.05) is 12.8 Å². The lowest BCUT2D eigenvalue weighted by atomic mass is 10.0. The number of hydrogen-bond acceptors (Lipinski definition) is 5. The molecule has 6 heteroatoms. The standard InChI is InChI=1S/C67H129NO5/c1-3-5-7-9-11-13-15-17-19-29-32-35-39-43-47-51-55-59-65(70)64(63-69)68-66(71)60-56-52-48-44-40-36-33-30-27-25-23-21-20-22-24-26-28-31-34-38-42-46-50-54-58-62-73-67(72)61-57-53-49-45-41-37-18-16-14-12-10-8-6-4-2/h16,18,55,59,64-65,69-70H,3-15,17,19-54,56-58,60-63H2,1-2H3,(H,68,71)/b18-16-,59-55+. The van der Waals surface area contributed by atoms with Crippen molar-refractivity contribution in [2.24, 2.45) is 0 Å². The Kier molecular flexibility index (Phi) is 61.4. The number of ether oxygens (including phenoxy) is 1. The molecule has 0 saturated carbocycles. The molecule has 0 fully saturated rings. The van der Waals surface area contributed by atoms with E-state index in [0.29, 0.717) is 19.4 Å². The summed E-state index contributed by atoms with van der Waals surface area (Å²) < 4.78 is 5.48. The van der Waals surface area contributed by atoms with Crippen molar-refractivity contribution < 1.29 is 24.5 Å². The van der Waals surface area contributed by atoms with E-state index >= 15 is 0 Å². The van der Waals surface area contributed by atoms with Gasteiger partial charge >= 0.3 is 5.97 Å². The van der Waals surface area contributed by atoms with Crippen molar-refractivity contribution in [2.75, 3.05) is 13.2 Å². The Morgan fingerprint density at radius 1 is 0.370 bits per heavy atom. The molecule has 1 amide bonds. The molecule has 0 radical (unpaired) electrons. The fourth-order valence-corrected chi connectivity index (χ4v) is 10.4. The molecule has 0 aromatic heterocycles. The molecule has 0 bridgehead atoms. The highest BCUT2D eigenvalue weighted by molar-refractivity contribution is 5.76. The summed E-state index contributed by atoms with van der Waals surface area (Å²) in [6.45, 7) is 4.92. The van der Waals surface area contributed by atoms with Gasteiger partial charge in [-0.05, 0) is 57.8 Å². The van der Waals surface area contributed by atoms with Crippen LogP contribution in [0, 0.1) is 0 Å². The second-order valence-electron chi connectivity index (χ2n) is 22.8. The molecule has 0 aliphatic heterocycles. The lowest BCUT2D eigenvalue weighted by Crippen LogP contribution is -2.45. The summed E-state index contributed by atoms with van der Waals surface area (Å²) in [5.41, 5.74) is 0. The Labute approximate surface area is 456 Å². The molecule has 0 aliphatic carbocycles. The molecule has 0 spiro atoms. The molecule has 2 unspecified atom stereocenters. The molecule has 0 aromatic carbocycles. The number of esters is 1. The van der Waals surface area contributed by atoms with Gasteiger partial charge in [-0.2, -0.15) is 0 Å². The van der Waals surface area contributed by atoms with E-state index in [2.05, 4.69) is 31.3 Å². The lowest BCUT2D eigenvalue weighted by molar-refractivity contribution is -0.143. The van der Waals surface area contributed by atoms with E-state index in [4.69, 9.17) is 4.74 Å². The van der Waals surface area contributed by atoms with Crippen LogP contribution in [0.25, 0.3) is 0 Å². The van der Waals surface area contributed by atoms with E-state index < -0.39 is 12.1 Å². The Hall–Kier alpha value is -1.66. The third kappa shape index (κ3) is 59.4. The van der Waals surface area contributed by atoms with Crippen molar-refractivity contribution in [2.45, 2.75) is 379 Å². The highest BCUT2D eigenvalue weighted by Crippen LogP contribution is 2.18. The van der Waals surface area contributed by atoms with Crippen LogP contribution in [0.1, 0.15) is 367 Å². The summed E-state index contributed by atoms with van der Waals surface area (Å²) in [5, 5.41) is 23.2. The number of aliphatic hydroxyl groups excluding tert-OH is 2.